The summed E-state index contributed by atoms with van der Waals surface area (Å²) in [5, 5.41) is 0. The Hall–Kier alpha value is -1.52. The van der Waals surface area contributed by atoms with Gasteiger partial charge in [0.15, 0.2) is 0 Å². The minimum atomic E-state index is 0. The first kappa shape index (κ1) is 22.5. The van der Waals surface area contributed by atoms with E-state index < -0.39 is 0 Å². The number of hydrogen-bond acceptors (Lipinski definition) is 4. The first-order valence-electron chi connectivity index (χ1n) is 8.81. The Morgan fingerprint density at radius 1 is 1.04 bits per heavy atom. The van der Waals surface area contributed by atoms with Crippen molar-refractivity contribution >= 4 is 12.5 Å². The summed E-state index contributed by atoms with van der Waals surface area (Å²) in [5.41, 5.74) is 8.28. The second-order valence-electron chi connectivity index (χ2n) is 6.56. The molecule has 0 radical (unpaired) electrons. The Labute approximate surface area is 147 Å². The van der Waals surface area contributed by atoms with Crippen LogP contribution in [0.5, 0.6) is 0 Å². The minimum Gasteiger partial charge on any atom is -0.344 e. The molecule has 2 saturated carbocycles. The van der Waals surface area contributed by atoms with Crippen LogP contribution < -0.4 is 11.9 Å². The molecule has 0 spiro atoms. The molecule has 0 saturated heterocycles. The van der Waals surface area contributed by atoms with Crippen molar-refractivity contribution in [1.82, 2.24) is 6.15 Å². The number of aliphatic imine (C=N–C) groups is 1. The van der Waals surface area contributed by atoms with Crippen LogP contribution in [0, 0.1) is 11.8 Å². The Bertz CT molecular complexity index is 447. The smallest absolute Gasteiger partial charge is 0.106 e. The van der Waals surface area contributed by atoms with E-state index in [2.05, 4.69) is 43.1 Å². The molecule has 0 unspecified atom stereocenters. The van der Waals surface area contributed by atoms with Gasteiger partial charge in [0.1, 0.15) is 6.79 Å². The molecular weight excluding hydrogens is 298 g/mol. The zero-order valence-corrected chi connectivity index (χ0v) is 15.4. The number of carbonyl (C=O) groups is 1. The van der Waals surface area contributed by atoms with Gasteiger partial charge < -0.3 is 16.7 Å². The van der Waals surface area contributed by atoms with Gasteiger partial charge in [-0.05, 0) is 43.1 Å². The van der Waals surface area contributed by atoms with Gasteiger partial charge in [0.05, 0.1) is 6.54 Å². The van der Waals surface area contributed by atoms with Gasteiger partial charge in [-0.25, -0.2) is 0 Å². The Morgan fingerprint density at radius 3 is 2.00 bits per heavy atom. The second-order valence-corrected chi connectivity index (χ2v) is 6.56. The zero-order chi connectivity index (χ0) is 17.1. The molecule has 1 aromatic carbocycles. The van der Waals surface area contributed by atoms with E-state index in [0.717, 1.165) is 18.4 Å². The van der Waals surface area contributed by atoms with Crippen LogP contribution in [0.2, 0.25) is 0 Å². The van der Waals surface area contributed by atoms with E-state index in [4.69, 9.17) is 10.5 Å². The zero-order valence-electron chi connectivity index (χ0n) is 15.4. The molecule has 4 nitrogen and oxygen atoms in total. The molecule has 4 heteroatoms. The molecule has 1 aromatic rings. The normalized spacial score (nSPS) is 23.8. The maximum Gasteiger partial charge on any atom is 0.106 e. The molecule has 0 heterocycles. The largest absolute Gasteiger partial charge is 0.344 e. The third-order valence-electron chi connectivity index (χ3n) is 4.80. The van der Waals surface area contributed by atoms with Crippen LogP contribution in [-0.2, 0) is 11.3 Å². The molecule has 0 amide bonds. The van der Waals surface area contributed by atoms with Crippen molar-refractivity contribution in [2.75, 3.05) is 0 Å². The minimum absolute atomic E-state index is 0. The van der Waals surface area contributed by atoms with E-state index in [1.54, 1.807) is 0 Å². The van der Waals surface area contributed by atoms with E-state index in [1.807, 2.05) is 12.9 Å². The number of nitrogens with two attached hydrogens (primary N) is 1. The van der Waals surface area contributed by atoms with Gasteiger partial charge in [-0.2, -0.15) is 0 Å². The van der Waals surface area contributed by atoms with Crippen molar-refractivity contribution < 1.29 is 4.79 Å². The quantitative estimate of drug-likeness (QED) is 0.846. The van der Waals surface area contributed by atoms with Gasteiger partial charge in [-0.3, -0.25) is 4.99 Å². The highest BCUT2D eigenvalue weighted by atomic mass is 16.1. The lowest BCUT2D eigenvalue weighted by molar-refractivity contribution is -0.0979. The van der Waals surface area contributed by atoms with Gasteiger partial charge in [0.2, 0.25) is 0 Å². The fourth-order valence-electron chi connectivity index (χ4n) is 2.93. The van der Waals surface area contributed by atoms with E-state index >= 15 is 0 Å². The molecule has 0 aliphatic heterocycles. The topological polar surface area (TPSA) is 90.5 Å². The van der Waals surface area contributed by atoms with Gasteiger partial charge in [0.25, 0.3) is 0 Å². The van der Waals surface area contributed by atoms with E-state index in [-0.39, 0.29) is 6.15 Å². The molecular formula is C20H35N3O. The van der Waals surface area contributed by atoms with Gasteiger partial charge in [0, 0.05) is 11.8 Å². The fourth-order valence-corrected chi connectivity index (χ4v) is 2.93. The lowest BCUT2D eigenvalue weighted by atomic mass is 9.79. The van der Waals surface area contributed by atoms with Crippen molar-refractivity contribution in [3.63, 3.8) is 0 Å². The van der Waals surface area contributed by atoms with E-state index in [9.17, 15) is 0 Å². The summed E-state index contributed by atoms with van der Waals surface area (Å²) in [6.45, 7) is 7.36. The standard InChI is InChI=1S/C13H17N.C6H13N.CH2O.H3N/c1-2-11-8-13(9-11)14-10-12-6-4-3-5-7-12;1-2-5-3-6(7)4-5;1-2;/h3-7,11H,2,8-10H2,1H3;5-6H,2-4,7H2,1H3;1H2;1H3. The average Bonchev–Trinajstić information content (AvgIpc) is 2.54. The summed E-state index contributed by atoms with van der Waals surface area (Å²) in [5.74, 6) is 1.89. The first-order valence-corrected chi connectivity index (χ1v) is 8.81. The molecule has 0 atom stereocenters. The van der Waals surface area contributed by atoms with E-state index in [0.29, 0.717) is 6.04 Å². The molecule has 0 aromatic heterocycles. The van der Waals surface area contributed by atoms with Crippen LogP contribution in [0.4, 0.5) is 0 Å². The number of benzene rings is 1. The maximum atomic E-state index is 8.00. The maximum absolute atomic E-state index is 8.00. The van der Waals surface area contributed by atoms with Crippen LogP contribution in [0.15, 0.2) is 35.3 Å². The van der Waals surface area contributed by atoms with Crippen molar-refractivity contribution in [1.29, 1.82) is 0 Å². The summed E-state index contributed by atoms with van der Waals surface area (Å²) in [6.07, 6.45) is 7.66. The number of carbonyl (C=O) groups excluding carboxylic acids is 1. The Morgan fingerprint density at radius 2 is 1.58 bits per heavy atom. The summed E-state index contributed by atoms with van der Waals surface area (Å²) in [6, 6.07) is 11.0. The van der Waals surface area contributed by atoms with Crippen molar-refractivity contribution in [2.24, 2.45) is 22.6 Å². The van der Waals surface area contributed by atoms with Crippen LogP contribution in [0.25, 0.3) is 0 Å². The lowest BCUT2D eigenvalue weighted by Crippen LogP contribution is -2.35. The summed E-state index contributed by atoms with van der Waals surface area (Å²) < 4.78 is 0. The van der Waals surface area contributed by atoms with Gasteiger partial charge >= 0.3 is 0 Å². The van der Waals surface area contributed by atoms with Gasteiger partial charge in [-0.15, -0.1) is 0 Å². The van der Waals surface area contributed by atoms with Crippen LogP contribution in [-0.4, -0.2) is 18.5 Å². The monoisotopic (exact) mass is 333 g/mol. The highest BCUT2D eigenvalue weighted by Gasteiger charge is 2.23. The molecule has 5 N–H and O–H groups in total. The van der Waals surface area contributed by atoms with Gasteiger partial charge in [-0.1, -0.05) is 57.0 Å². The molecule has 136 valence electrons. The lowest BCUT2D eigenvalue weighted by Gasteiger charge is -2.31. The highest BCUT2D eigenvalue weighted by molar-refractivity contribution is 5.90. The highest BCUT2D eigenvalue weighted by Crippen LogP contribution is 2.28. The summed E-state index contributed by atoms with van der Waals surface area (Å²) in [7, 11) is 0. The Kier molecular flexibility index (Phi) is 12.0. The number of hydrogen-bond donors (Lipinski definition) is 2. The van der Waals surface area contributed by atoms with E-state index in [1.165, 1.54) is 49.8 Å². The van der Waals surface area contributed by atoms with Crippen molar-refractivity contribution in [2.45, 2.75) is 65.0 Å². The molecule has 2 aliphatic rings. The van der Waals surface area contributed by atoms with Crippen LogP contribution in [0.3, 0.4) is 0 Å². The van der Waals surface area contributed by atoms with Crippen molar-refractivity contribution in [3.05, 3.63) is 35.9 Å². The second kappa shape index (κ2) is 12.8. The molecule has 3 rings (SSSR count). The fraction of sp³-hybridized carbons (Fsp3) is 0.600. The summed E-state index contributed by atoms with van der Waals surface area (Å²) >= 11 is 0. The van der Waals surface area contributed by atoms with Crippen LogP contribution >= 0.6 is 0 Å². The molecule has 0 bridgehead atoms. The molecule has 2 fully saturated rings. The molecule has 2 aliphatic carbocycles. The first-order chi connectivity index (χ1) is 11.2. The third-order valence-corrected chi connectivity index (χ3v) is 4.80. The predicted octanol–water partition coefficient (Wildman–Crippen LogP) is 4.56. The SMILES string of the molecule is C=O.CCC1CC(=NCc2ccccc2)C1.CCC1CC(N)C1.N. The third kappa shape index (κ3) is 7.84. The average molecular weight is 334 g/mol. The van der Waals surface area contributed by atoms with Crippen LogP contribution in [0.1, 0.15) is 57.9 Å². The van der Waals surface area contributed by atoms with Crippen molar-refractivity contribution in [3.8, 4) is 0 Å². The summed E-state index contributed by atoms with van der Waals surface area (Å²) in [4.78, 5) is 12.6. The molecule has 24 heavy (non-hydrogen) atoms. The number of nitrogens with zero attached hydrogens (tertiary/aromatic N) is 1. The predicted molar refractivity (Wildman–Crippen MR) is 104 cm³/mol. The number of rotatable bonds is 4. The Balaban J connectivity index is 0.000000450.